The van der Waals surface area contributed by atoms with Crippen LogP contribution < -0.4 is 4.74 Å². The number of hydrogen-bond acceptors (Lipinski definition) is 3. The molecule has 0 aliphatic rings. The van der Waals surface area contributed by atoms with Crippen LogP contribution in [0.5, 0.6) is 5.75 Å². The van der Waals surface area contributed by atoms with Crippen molar-refractivity contribution in [1.82, 2.24) is 4.98 Å². The third kappa shape index (κ3) is 3.89. The molecule has 0 saturated carbocycles. The number of rotatable bonds is 3. The Morgan fingerprint density at radius 2 is 2.18 bits per heavy atom. The number of hydrogen-bond donors (Lipinski definition) is 0. The molecular formula is C9H5ClF3IN2O. The quantitative estimate of drug-likeness (QED) is 0.600. The number of alkyl halides is 4. The minimum absolute atomic E-state index is 0.0284. The summed E-state index contributed by atoms with van der Waals surface area (Å²) >= 11 is 7.20. The zero-order chi connectivity index (χ0) is 13.1. The van der Waals surface area contributed by atoms with Crippen LogP contribution >= 0.6 is 34.2 Å². The van der Waals surface area contributed by atoms with Crippen molar-refractivity contribution in [2.24, 2.45) is 0 Å². The van der Waals surface area contributed by atoms with Crippen LogP contribution in [-0.4, -0.2) is 11.3 Å². The summed E-state index contributed by atoms with van der Waals surface area (Å²) in [5, 5.41) is 8.52. The van der Waals surface area contributed by atoms with E-state index in [-0.39, 0.29) is 27.1 Å². The van der Waals surface area contributed by atoms with Crippen LogP contribution in [0.25, 0.3) is 0 Å². The fourth-order valence-corrected chi connectivity index (χ4v) is 2.29. The lowest BCUT2D eigenvalue weighted by Gasteiger charge is -2.14. The van der Waals surface area contributed by atoms with Gasteiger partial charge >= 0.3 is 6.36 Å². The normalized spacial score (nSPS) is 11.1. The van der Waals surface area contributed by atoms with Crippen LogP contribution in [0.4, 0.5) is 13.2 Å². The van der Waals surface area contributed by atoms with Gasteiger partial charge in [0.1, 0.15) is 5.75 Å². The number of nitrogens with zero attached hydrogens (tertiary/aromatic N) is 2. The molecule has 0 atom stereocenters. The van der Waals surface area contributed by atoms with Gasteiger partial charge in [-0.25, -0.2) is 0 Å². The Hall–Kier alpha value is -0.750. The highest BCUT2D eigenvalue weighted by atomic mass is 127. The average molecular weight is 377 g/mol. The smallest absolute Gasteiger partial charge is 0.404 e. The van der Waals surface area contributed by atoms with Crippen LogP contribution in [0.1, 0.15) is 11.3 Å². The lowest BCUT2D eigenvalue weighted by molar-refractivity contribution is -0.275. The molecule has 0 N–H and O–H groups in total. The minimum Gasteiger partial charge on any atom is -0.404 e. The highest BCUT2D eigenvalue weighted by Crippen LogP contribution is 2.33. The maximum absolute atomic E-state index is 12.2. The molecule has 0 aliphatic heterocycles. The zero-order valence-corrected chi connectivity index (χ0v) is 11.1. The Labute approximate surface area is 114 Å². The maximum Gasteiger partial charge on any atom is 0.573 e. The lowest BCUT2D eigenvalue weighted by Crippen LogP contribution is -2.19. The molecule has 17 heavy (non-hydrogen) atoms. The third-order valence-corrected chi connectivity index (χ3v) is 3.10. The van der Waals surface area contributed by atoms with Gasteiger partial charge in [-0.3, -0.25) is 4.98 Å². The molecule has 3 nitrogen and oxygen atoms in total. The van der Waals surface area contributed by atoms with Crippen molar-refractivity contribution in [3.05, 3.63) is 21.0 Å². The largest absolute Gasteiger partial charge is 0.573 e. The van der Waals surface area contributed by atoms with Crippen LogP contribution in [0.2, 0.25) is 0 Å². The topological polar surface area (TPSA) is 45.9 Å². The fraction of sp³-hybridized carbons (Fsp3) is 0.333. The molecule has 92 valence electrons. The Kier molecular flexibility index (Phi) is 4.82. The second kappa shape index (κ2) is 5.73. The van der Waals surface area contributed by atoms with Gasteiger partial charge in [0, 0.05) is 11.8 Å². The maximum atomic E-state index is 12.2. The van der Waals surface area contributed by atoms with E-state index in [1.165, 1.54) is 6.20 Å². The molecule has 0 saturated heterocycles. The fourth-order valence-electron chi connectivity index (χ4n) is 1.07. The highest BCUT2D eigenvalue weighted by Gasteiger charge is 2.33. The summed E-state index contributed by atoms with van der Waals surface area (Å²) < 4.78 is 40.7. The predicted octanol–water partition coefficient (Wildman–Crippen LogP) is 3.39. The molecule has 0 aromatic carbocycles. The molecule has 1 rings (SSSR count). The Morgan fingerprint density at radius 1 is 1.53 bits per heavy atom. The predicted molar refractivity (Wildman–Crippen MR) is 62.5 cm³/mol. The summed E-state index contributed by atoms with van der Waals surface area (Å²) in [6.07, 6.45) is -3.85. The number of halogens is 5. The zero-order valence-electron chi connectivity index (χ0n) is 8.18. The number of nitriles is 1. The van der Waals surface area contributed by atoms with E-state index in [2.05, 4.69) is 9.72 Å². The molecule has 0 fully saturated rings. The standard InChI is InChI=1S/C9H5ClF3IN2O/c10-3-6-7(14)8(17-9(11,12)13)5(1-2-15)4-16-6/h4H,1,3H2. The van der Waals surface area contributed by atoms with Crippen LogP contribution in [0.15, 0.2) is 6.20 Å². The monoisotopic (exact) mass is 376 g/mol. The third-order valence-electron chi connectivity index (χ3n) is 1.73. The van der Waals surface area contributed by atoms with Crippen molar-refractivity contribution in [2.45, 2.75) is 18.7 Å². The molecule has 8 heteroatoms. The van der Waals surface area contributed by atoms with Gasteiger partial charge in [0.25, 0.3) is 0 Å². The summed E-state index contributed by atoms with van der Waals surface area (Å²) in [7, 11) is 0. The van der Waals surface area contributed by atoms with E-state index in [9.17, 15) is 13.2 Å². The molecule has 0 spiro atoms. The van der Waals surface area contributed by atoms with Crippen molar-refractivity contribution in [3.8, 4) is 11.8 Å². The lowest BCUT2D eigenvalue weighted by atomic mass is 10.2. The van der Waals surface area contributed by atoms with Gasteiger partial charge in [0.15, 0.2) is 0 Å². The van der Waals surface area contributed by atoms with Gasteiger partial charge < -0.3 is 4.74 Å². The van der Waals surface area contributed by atoms with Gasteiger partial charge in [-0.1, -0.05) is 0 Å². The SMILES string of the molecule is N#CCc1cnc(CCl)c(I)c1OC(F)(F)F. The van der Waals surface area contributed by atoms with Crippen LogP contribution in [0, 0.1) is 14.9 Å². The van der Waals surface area contributed by atoms with Crippen molar-refractivity contribution < 1.29 is 17.9 Å². The van der Waals surface area contributed by atoms with E-state index in [1.807, 2.05) is 0 Å². The number of aromatic nitrogens is 1. The molecule has 0 unspecified atom stereocenters. The van der Waals surface area contributed by atoms with E-state index >= 15 is 0 Å². The van der Waals surface area contributed by atoms with Gasteiger partial charge in [0.05, 0.1) is 27.6 Å². The van der Waals surface area contributed by atoms with E-state index in [4.69, 9.17) is 16.9 Å². The molecule has 1 heterocycles. The van der Waals surface area contributed by atoms with Crippen LogP contribution in [-0.2, 0) is 12.3 Å². The summed E-state index contributed by atoms with van der Waals surface area (Å²) in [5.74, 6) is -0.426. The second-order valence-corrected chi connectivity index (χ2v) is 4.24. The van der Waals surface area contributed by atoms with Gasteiger partial charge in [-0.15, -0.1) is 24.8 Å². The average Bonchev–Trinajstić information content (AvgIpc) is 2.22. The van der Waals surface area contributed by atoms with E-state index in [0.29, 0.717) is 0 Å². The molecule has 1 aromatic rings. The summed E-state index contributed by atoms with van der Waals surface area (Å²) in [6.45, 7) is 0. The molecule has 0 bridgehead atoms. The molecule has 0 aliphatic carbocycles. The summed E-state index contributed by atoms with van der Waals surface area (Å²) in [6, 6.07) is 1.75. The van der Waals surface area contributed by atoms with Gasteiger partial charge in [0.2, 0.25) is 0 Å². The first kappa shape index (κ1) is 14.3. The van der Waals surface area contributed by atoms with Crippen molar-refractivity contribution in [1.29, 1.82) is 5.26 Å². The highest BCUT2D eigenvalue weighted by molar-refractivity contribution is 14.1. The Balaban J connectivity index is 3.25. The first-order chi connectivity index (χ1) is 7.89. The van der Waals surface area contributed by atoms with Gasteiger partial charge in [-0.2, -0.15) is 5.26 Å². The van der Waals surface area contributed by atoms with E-state index in [1.54, 1.807) is 28.7 Å². The van der Waals surface area contributed by atoms with Crippen LogP contribution in [0.3, 0.4) is 0 Å². The van der Waals surface area contributed by atoms with E-state index < -0.39 is 12.1 Å². The van der Waals surface area contributed by atoms with Crippen molar-refractivity contribution >= 4 is 34.2 Å². The first-order valence-corrected chi connectivity index (χ1v) is 5.85. The van der Waals surface area contributed by atoms with Crippen molar-refractivity contribution in [2.75, 3.05) is 0 Å². The van der Waals surface area contributed by atoms with Gasteiger partial charge in [-0.05, 0) is 22.6 Å². The first-order valence-electron chi connectivity index (χ1n) is 4.24. The number of ether oxygens (including phenoxy) is 1. The molecule has 0 amide bonds. The van der Waals surface area contributed by atoms with Crippen molar-refractivity contribution in [3.63, 3.8) is 0 Å². The minimum atomic E-state index is -4.81. The second-order valence-electron chi connectivity index (χ2n) is 2.89. The molecular weight excluding hydrogens is 371 g/mol. The summed E-state index contributed by atoms with van der Waals surface area (Å²) in [4.78, 5) is 3.87. The van der Waals surface area contributed by atoms with E-state index in [0.717, 1.165) is 0 Å². The Morgan fingerprint density at radius 3 is 2.65 bits per heavy atom. The number of pyridine rings is 1. The summed E-state index contributed by atoms with van der Waals surface area (Å²) in [5.41, 5.74) is 0.372. The molecule has 0 radical (unpaired) electrons. The molecule has 1 aromatic heterocycles. The Bertz CT molecular complexity index is 459.